The van der Waals surface area contributed by atoms with Gasteiger partial charge >= 0.3 is 0 Å². The molecule has 1 fully saturated rings. The van der Waals surface area contributed by atoms with Crippen LogP contribution < -0.4 is 10.9 Å². The molecule has 0 aromatic rings. The third kappa shape index (κ3) is 3.65. The Labute approximate surface area is 100 Å². The molecule has 2 nitrogen and oxygen atoms in total. The summed E-state index contributed by atoms with van der Waals surface area (Å²) in [6.45, 7) is 0. The molecular weight excluding hydrogens is 252 g/mol. The Hall–Kier alpha value is -0.280. The Morgan fingerprint density at radius 1 is 1.20 bits per heavy atom. The van der Waals surface area contributed by atoms with E-state index in [2.05, 4.69) is 45.0 Å². The molecular formula is C12H19BrN2. The van der Waals surface area contributed by atoms with Crippen LogP contribution in [0.5, 0.6) is 0 Å². The maximum Gasteiger partial charge on any atom is 0.0445 e. The SMILES string of the molecule is BrC1C=CC(NNC2CCCCC2)=CC1. The highest BCUT2D eigenvalue weighted by atomic mass is 79.9. The van der Waals surface area contributed by atoms with Crippen molar-refractivity contribution in [3.05, 3.63) is 23.9 Å². The van der Waals surface area contributed by atoms with Gasteiger partial charge in [0.05, 0.1) is 0 Å². The summed E-state index contributed by atoms with van der Waals surface area (Å²) in [4.78, 5) is 0.512. The van der Waals surface area contributed by atoms with Gasteiger partial charge in [-0.25, -0.2) is 5.43 Å². The van der Waals surface area contributed by atoms with Gasteiger partial charge in [-0.3, -0.25) is 0 Å². The molecule has 1 saturated carbocycles. The van der Waals surface area contributed by atoms with E-state index in [0.29, 0.717) is 10.9 Å². The molecule has 0 heterocycles. The lowest BCUT2D eigenvalue weighted by Gasteiger charge is -2.24. The molecule has 0 radical (unpaired) electrons. The first-order chi connectivity index (χ1) is 7.34. The van der Waals surface area contributed by atoms with Gasteiger partial charge in [0.2, 0.25) is 0 Å². The van der Waals surface area contributed by atoms with Gasteiger partial charge in [0.15, 0.2) is 0 Å². The molecule has 15 heavy (non-hydrogen) atoms. The molecule has 0 aliphatic heterocycles. The molecule has 0 amide bonds. The van der Waals surface area contributed by atoms with Crippen molar-refractivity contribution in [2.45, 2.75) is 49.4 Å². The number of hydrogen-bond acceptors (Lipinski definition) is 2. The fraction of sp³-hybridized carbons (Fsp3) is 0.667. The first-order valence-corrected chi connectivity index (χ1v) is 6.80. The van der Waals surface area contributed by atoms with E-state index in [9.17, 15) is 0 Å². The molecule has 0 aromatic heterocycles. The number of nitrogens with one attached hydrogen (secondary N) is 2. The van der Waals surface area contributed by atoms with Crippen molar-refractivity contribution >= 4 is 15.9 Å². The van der Waals surface area contributed by atoms with E-state index >= 15 is 0 Å². The van der Waals surface area contributed by atoms with E-state index in [4.69, 9.17) is 0 Å². The molecule has 0 spiro atoms. The second-order valence-electron chi connectivity index (χ2n) is 4.37. The lowest BCUT2D eigenvalue weighted by atomic mass is 9.96. The summed E-state index contributed by atoms with van der Waals surface area (Å²) in [6, 6.07) is 0.662. The van der Waals surface area contributed by atoms with Crippen LogP contribution in [0.2, 0.25) is 0 Å². The Balaban J connectivity index is 1.71. The van der Waals surface area contributed by atoms with Gasteiger partial charge in [0, 0.05) is 16.6 Å². The summed E-state index contributed by atoms with van der Waals surface area (Å²) >= 11 is 3.56. The smallest absolute Gasteiger partial charge is 0.0445 e. The second-order valence-corrected chi connectivity index (χ2v) is 5.55. The molecule has 0 saturated heterocycles. The van der Waals surface area contributed by atoms with E-state index in [1.807, 2.05) is 0 Å². The topological polar surface area (TPSA) is 24.1 Å². The largest absolute Gasteiger partial charge is 0.322 e. The van der Waals surface area contributed by atoms with Gasteiger partial charge in [-0.15, -0.1) is 0 Å². The predicted octanol–water partition coefficient (Wildman–Crippen LogP) is 3.02. The average molecular weight is 271 g/mol. The average Bonchev–Trinajstić information content (AvgIpc) is 2.30. The van der Waals surface area contributed by atoms with Gasteiger partial charge in [-0.05, 0) is 25.3 Å². The highest BCUT2D eigenvalue weighted by Gasteiger charge is 2.12. The number of hydrogen-bond donors (Lipinski definition) is 2. The maximum absolute atomic E-state index is 3.56. The zero-order valence-electron chi connectivity index (χ0n) is 9.01. The van der Waals surface area contributed by atoms with Crippen LogP contribution in [0, 0.1) is 0 Å². The van der Waals surface area contributed by atoms with Crippen LogP contribution in [0.1, 0.15) is 38.5 Å². The highest BCUT2D eigenvalue weighted by molar-refractivity contribution is 9.09. The van der Waals surface area contributed by atoms with Crippen molar-refractivity contribution in [2.75, 3.05) is 0 Å². The van der Waals surface area contributed by atoms with Crippen LogP contribution in [0.25, 0.3) is 0 Å². The minimum absolute atomic E-state index is 0.512. The molecule has 3 heteroatoms. The van der Waals surface area contributed by atoms with Crippen LogP contribution in [0.15, 0.2) is 23.9 Å². The Morgan fingerprint density at radius 3 is 2.67 bits per heavy atom. The summed E-state index contributed by atoms with van der Waals surface area (Å²) in [6.07, 6.45) is 14.4. The van der Waals surface area contributed by atoms with Crippen LogP contribution in [-0.4, -0.2) is 10.9 Å². The molecule has 2 aliphatic carbocycles. The van der Waals surface area contributed by atoms with E-state index in [-0.39, 0.29) is 0 Å². The van der Waals surface area contributed by atoms with E-state index in [0.717, 1.165) is 6.42 Å². The fourth-order valence-electron chi connectivity index (χ4n) is 2.12. The van der Waals surface area contributed by atoms with Gasteiger partial charge in [0.25, 0.3) is 0 Å². The minimum atomic E-state index is 0.512. The van der Waals surface area contributed by atoms with Crippen molar-refractivity contribution in [3.8, 4) is 0 Å². The molecule has 1 atom stereocenters. The third-order valence-electron chi connectivity index (χ3n) is 3.07. The standard InChI is InChI=1S/C12H19BrN2/c13-10-6-8-12(9-7-10)15-14-11-4-2-1-3-5-11/h6,8-11,14-15H,1-5,7H2. The lowest BCUT2D eigenvalue weighted by molar-refractivity contribution is 0.351. The zero-order valence-corrected chi connectivity index (χ0v) is 10.6. The second kappa shape index (κ2) is 5.71. The van der Waals surface area contributed by atoms with Crippen molar-refractivity contribution in [2.24, 2.45) is 0 Å². The molecule has 2 aliphatic rings. The van der Waals surface area contributed by atoms with Gasteiger partial charge in [0.1, 0.15) is 0 Å². The van der Waals surface area contributed by atoms with Crippen molar-refractivity contribution in [3.63, 3.8) is 0 Å². The fourth-order valence-corrected chi connectivity index (χ4v) is 2.46. The monoisotopic (exact) mass is 270 g/mol. The predicted molar refractivity (Wildman–Crippen MR) is 67.7 cm³/mol. The van der Waals surface area contributed by atoms with Gasteiger partial charge < -0.3 is 5.43 Å². The molecule has 2 N–H and O–H groups in total. The summed E-state index contributed by atoms with van der Waals surface area (Å²) in [5.41, 5.74) is 7.94. The Bertz CT molecular complexity index is 254. The third-order valence-corrected chi connectivity index (χ3v) is 3.75. The van der Waals surface area contributed by atoms with Gasteiger partial charge in [-0.2, -0.15) is 0 Å². The molecule has 1 unspecified atom stereocenters. The number of hydrazine groups is 1. The Morgan fingerprint density at radius 2 is 2.00 bits per heavy atom. The normalized spacial score (nSPS) is 27.5. The quantitative estimate of drug-likeness (QED) is 0.609. The molecule has 0 bridgehead atoms. The molecule has 2 rings (SSSR count). The van der Waals surface area contributed by atoms with E-state index in [1.165, 1.54) is 37.8 Å². The number of alkyl halides is 1. The summed E-state index contributed by atoms with van der Waals surface area (Å²) in [7, 11) is 0. The summed E-state index contributed by atoms with van der Waals surface area (Å²) in [5.74, 6) is 0. The lowest BCUT2D eigenvalue weighted by Crippen LogP contribution is -2.41. The first kappa shape index (κ1) is 11.2. The summed E-state index contributed by atoms with van der Waals surface area (Å²) < 4.78 is 0. The van der Waals surface area contributed by atoms with E-state index < -0.39 is 0 Å². The van der Waals surface area contributed by atoms with Crippen molar-refractivity contribution < 1.29 is 0 Å². The van der Waals surface area contributed by atoms with E-state index in [1.54, 1.807) is 0 Å². The zero-order chi connectivity index (χ0) is 10.5. The molecule has 0 aromatic carbocycles. The Kier molecular flexibility index (Phi) is 4.27. The van der Waals surface area contributed by atoms with Crippen LogP contribution >= 0.6 is 15.9 Å². The maximum atomic E-state index is 3.56. The molecule has 84 valence electrons. The van der Waals surface area contributed by atoms with Crippen molar-refractivity contribution in [1.29, 1.82) is 0 Å². The van der Waals surface area contributed by atoms with Gasteiger partial charge in [-0.1, -0.05) is 47.3 Å². The number of rotatable bonds is 3. The summed E-state index contributed by atoms with van der Waals surface area (Å²) in [5, 5.41) is 0. The minimum Gasteiger partial charge on any atom is -0.322 e. The highest BCUT2D eigenvalue weighted by Crippen LogP contribution is 2.18. The first-order valence-electron chi connectivity index (χ1n) is 5.88. The number of allylic oxidation sites excluding steroid dienone is 3. The van der Waals surface area contributed by atoms with Crippen LogP contribution in [0.3, 0.4) is 0 Å². The number of halogens is 1. The van der Waals surface area contributed by atoms with Crippen LogP contribution in [-0.2, 0) is 0 Å². The van der Waals surface area contributed by atoms with Crippen molar-refractivity contribution in [1.82, 2.24) is 10.9 Å². The van der Waals surface area contributed by atoms with Crippen LogP contribution in [0.4, 0.5) is 0 Å².